The summed E-state index contributed by atoms with van der Waals surface area (Å²) < 4.78 is 24.0. The van der Waals surface area contributed by atoms with E-state index in [4.69, 9.17) is 9.26 Å². The van der Waals surface area contributed by atoms with Crippen molar-refractivity contribution in [1.29, 1.82) is 0 Å². The molecule has 1 atom stereocenters. The van der Waals surface area contributed by atoms with Crippen molar-refractivity contribution in [2.75, 3.05) is 19.7 Å². The summed E-state index contributed by atoms with van der Waals surface area (Å²) in [6, 6.07) is 8.45. The van der Waals surface area contributed by atoms with Crippen LogP contribution in [0.4, 0.5) is 4.39 Å². The van der Waals surface area contributed by atoms with E-state index in [9.17, 15) is 4.39 Å². The molecule has 2 aromatic rings. The van der Waals surface area contributed by atoms with Gasteiger partial charge in [0, 0.05) is 19.2 Å². The largest absolute Gasteiger partial charge is 0.371 e. The van der Waals surface area contributed by atoms with E-state index in [0.717, 1.165) is 36.7 Å². The van der Waals surface area contributed by atoms with Gasteiger partial charge in [-0.15, -0.1) is 0 Å². The Hall–Kier alpha value is -1.72. The van der Waals surface area contributed by atoms with E-state index in [0.29, 0.717) is 6.61 Å². The van der Waals surface area contributed by atoms with Crippen molar-refractivity contribution in [2.45, 2.75) is 19.6 Å². The van der Waals surface area contributed by atoms with Crippen molar-refractivity contribution >= 4 is 0 Å². The Kier molecular flexibility index (Phi) is 3.80. The van der Waals surface area contributed by atoms with Crippen LogP contribution in [-0.2, 0) is 11.3 Å². The highest BCUT2D eigenvalue weighted by Gasteiger charge is 2.22. The second-order valence-electron chi connectivity index (χ2n) is 5.08. The molecule has 3 rings (SSSR count). The number of rotatable bonds is 3. The van der Waals surface area contributed by atoms with Crippen LogP contribution < -0.4 is 0 Å². The van der Waals surface area contributed by atoms with Crippen LogP contribution in [0.3, 0.4) is 0 Å². The summed E-state index contributed by atoms with van der Waals surface area (Å²) in [6.45, 7) is 4.92. The van der Waals surface area contributed by atoms with Crippen LogP contribution in [0.5, 0.6) is 0 Å². The molecule has 5 heteroatoms. The third-order valence-electron chi connectivity index (χ3n) is 3.45. The van der Waals surface area contributed by atoms with Crippen LogP contribution in [0, 0.1) is 12.7 Å². The number of morpholine rings is 1. The fraction of sp³-hybridized carbons (Fsp3) is 0.400. The van der Waals surface area contributed by atoms with Crippen molar-refractivity contribution in [1.82, 2.24) is 10.1 Å². The molecule has 2 heterocycles. The van der Waals surface area contributed by atoms with Crippen molar-refractivity contribution in [3.63, 3.8) is 0 Å². The fourth-order valence-corrected chi connectivity index (χ4v) is 2.44. The molecule has 1 aliphatic heterocycles. The summed E-state index contributed by atoms with van der Waals surface area (Å²) >= 11 is 0. The maximum atomic E-state index is 12.9. The zero-order valence-electron chi connectivity index (χ0n) is 11.4. The second kappa shape index (κ2) is 5.73. The van der Waals surface area contributed by atoms with Crippen molar-refractivity contribution in [2.24, 2.45) is 0 Å². The Balaban J connectivity index is 1.65. The third kappa shape index (κ3) is 3.05. The third-order valence-corrected chi connectivity index (χ3v) is 3.45. The number of halogens is 1. The zero-order valence-corrected chi connectivity index (χ0v) is 11.4. The van der Waals surface area contributed by atoms with Gasteiger partial charge in [-0.25, -0.2) is 4.39 Å². The maximum absolute atomic E-state index is 12.9. The number of aryl methyl sites for hydroxylation is 1. The smallest absolute Gasteiger partial charge is 0.150 e. The highest BCUT2D eigenvalue weighted by molar-refractivity contribution is 5.19. The summed E-state index contributed by atoms with van der Waals surface area (Å²) in [7, 11) is 0. The van der Waals surface area contributed by atoms with Gasteiger partial charge in [0.15, 0.2) is 5.76 Å². The summed E-state index contributed by atoms with van der Waals surface area (Å²) in [4.78, 5) is 2.26. The predicted octanol–water partition coefficient (Wildman–Crippen LogP) is 2.70. The van der Waals surface area contributed by atoms with Gasteiger partial charge in [-0.1, -0.05) is 17.3 Å². The first kappa shape index (κ1) is 13.3. The van der Waals surface area contributed by atoms with Crippen molar-refractivity contribution < 1.29 is 13.7 Å². The molecule has 1 aromatic carbocycles. The first-order valence-corrected chi connectivity index (χ1v) is 6.72. The highest BCUT2D eigenvalue weighted by atomic mass is 19.1. The molecule has 1 aliphatic rings. The van der Waals surface area contributed by atoms with E-state index in [1.165, 1.54) is 12.1 Å². The van der Waals surface area contributed by atoms with Crippen molar-refractivity contribution in [3.8, 4) is 0 Å². The van der Waals surface area contributed by atoms with E-state index < -0.39 is 0 Å². The summed E-state index contributed by atoms with van der Waals surface area (Å²) in [5.41, 5.74) is 1.90. The number of nitrogens with zero attached hydrogens (tertiary/aromatic N) is 2. The average Bonchev–Trinajstić information content (AvgIpc) is 2.85. The topological polar surface area (TPSA) is 38.5 Å². The maximum Gasteiger partial charge on any atom is 0.150 e. The Morgan fingerprint density at radius 1 is 1.35 bits per heavy atom. The lowest BCUT2D eigenvalue weighted by Gasteiger charge is -2.32. The van der Waals surface area contributed by atoms with Crippen LogP contribution in [0.25, 0.3) is 0 Å². The molecule has 1 saturated heterocycles. The van der Waals surface area contributed by atoms with E-state index in [2.05, 4.69) is 10.1 Å². The average molecular weight is 276 g/mol. The summed E-state index contributed by atoms with van der Waals surface area (Å²) in [5.74, 6) is 0.640. The lowest BCUT2D eigenvalue weighted by Crippen LogP contribution is -2.37. The molecule has 0 radical (unpaired) electrons. The normalized spacial score (nSPS) is 20.2. The molecule has 1 fully saturated rings. The van der Waals surface area contributed by atoms with Crippen LogP contribution in [0.15, 0.2) is 34.9 Å². The molecule has 4 nitrogen and oxygen atoms in total. The fourth-order valence-electron chi connectivity index (χ4n) is 2.44. The van der Waals surface area contributed by atoms with Gasteiger partial charge in [-0.2, -0.15) is 0 Å². The van der Waals surface area contributed by atoms with E-state index in [-0.39, 0.29) is 11.9 Å². The molecule has 0 spiro atoms. The number of aromatic nitrogens is 1. The molecule has 106 valence electrons. The minimum Gasteiger partial charge on any atom is -0.371 e. The van der Waals surface area contributed by atoms with Gasteiger partial charge in [0.2, 0.25) is 0 Å². The summed E-state index contributed by atoms with van der Waals surface area (Å²) in [6.07, 6.45) is -0.0200. The SMILES string of the molecule is Cc1cc(CN2CCO[C@H](c3ccc(F)cc3)C2)on1. The molecule has 0 saturated carbocycles. The Morgan fingerprint density at radius 3 is 2.85 bits per heavy atom. The Bertz CT molecular complexity index is 568. The molecular formula is C15H17FN2O2. The standard InChI is InChI=1S/C15H17FN2O2/c1-11-8-14(20-17-11)9-18-6-7-19-15(10-18)12-2-4-13(16)5-3-12/h2-5,8,15H,6-7,9-10H2,1H3/t15-/m0/s1. The van der Waals surface area contributed by atoms with Crippen LogP contribution >= 0.6 is 0 Å². The minimum atomic E-state index is -0.224. The van der Waals surface area contributed by atoms with Gasteiger partial charge in [-0.05, 0) is 24.6 Å². The van der Waals surface area contributed by atoms with Gasteiger partial charge in [-0.3, -0.25) is 4.90 Å². The molecule has 0 amide bonds. The molecule has 0 aliphatic carbocycles. The van der Waals surface area contributed by atoms with Crippen LogP contribution in [-0.4, -0.2) is 29.8 Å². The molecule has 0 N–H and O–H groups in total. The Morgan fingerprint density at radius 2 is 2.15 bits per heavy atom. The number of benzene rings is 1. The minimum absolute atomic E-state index is 0.0200. The van der Waals surface area contributed by atoms with E-state index in [1.54, 1.807) is 12.1 Å². The van der Waals surface area contributed by atoms with Crippen molar-refractivity contribution in [3.05, 3.63) is 53.2 Å². The zero-order chi connectivity index (χ0) is 13.9. The first-order valence-electron chi connectivity index (χ1n) is 6.72. The lowest BCUT2D eigenvalue weighted by atomic mass is 10.1. The van der Waals surface area contributed by atoms with E-state index in [1.807, 2.05) is 13.0 Å². The first-order chi connectivity index (χ1) is 9.70. The molecule has 20 heavy (non-hydrogen) atoms. The highest BCUT2D eigenvalue weighted by Crippen LogP contribution is 2.23. The van der Waals surface area contributed by atoms with Gasteiger partial charge < -0.3 is 9.26 Å². The molecule has 0 bridgehead atoms. The van der Waals surface area contributed by atoms with Gasteiger partial charge in [0.1, 0.15) is 5.82 Å². The monoisotopic (exact) mass is 276 g/mol. The molecule has 1 aromatic heterocycles. The lowest BCUT2D eigenvalue weighted by molar-refractivity contribution is -0.0351. The van der Waals surface area contributed by atoms with Crippen LogP contribution in [0.2, 0.25) is 0 Å². The predicted molar refractivity (Wildman–Crippen MR) is 71.6 cm³/mol. The Labute approximate surface area is 117 Å². The molecule has 0 unspecified atom stereocenters. The number of hydrogen-bond donors (Lipinski definition) is 0. The van der Waals surface area contributed by atoms with Gasteiger partial charge >= 0.3 is 0 Å². The molecular weight excluding hydrogens is 259 g/mol. The quantitative estimate of drug-likeness (QED) is 0.864. The van der Waals surface area contributed by atoms with Gasteiger partial charge in [0.05, 0.1) is 24.9 Å². The summed E-state index contributed by atoms with van der Waals surface area (Å²) in [5, 5.41) is 3.89. The second-order valence-corrected chi connectivity index (χ2v) is 5.08. The van der Waals surface area contributed by atoms with Gasteiger partial charge in [0.25, 0.3) is 0 Å². The van der Waals surface area contributed by atoms with Crippen LogP contribution in [0.1, 0.15) is 23.1 Å². The number of hydrogen-bond acceptors (Lipinski definition) is 4. The number of ether oxygens (including phenoxy) is 1. The van der Waals surface area contributed by atoms with E-state index >= 15 is 0 Å².